The molecule has 0 amide bonds. The Bertz CT molecular complexity index is 176. The van der Waals surface area contributed by atoms with E-state index in [0.717, 1.165) is 5.92 Å². The lowest BCUT2D eigenvalue weighted by molar-refractivity contribution is 0.401. The van der Waals surface area contributed by atoms with Gasteiger partial charge in [-0.15, -0.1) is 0 Å². The lowest BCUT2D eigenvalue weighted by Crippen LogP contribution is -2.17. The summed E-state index contributed by atoms with van der Waals surface area (Å²) < 4.78 is 0. The van der Waals surface area contributed by atoms with Crippen molar-refractivity contribution in [2.45, 2.75) is 73.6 Å². The molecule has 1 rings (SSSR count). The minimum absolute atomic E-state index is 0.712. The van der Waals surface area contributed by atoms with E-state index >= 15 is 0 Å². The zero-order chi connectivity index (χ0) is 13.7. The molecule has 0 aromatic rings. The van der Waals surface area contributed by atoms with E-state index < -0.39 is 0 Å². The van der Waals surface area contributed by atoms with Crippen LogP contribution in [-0.2, 0) is 0 Å². The maximum absolute atomic E-state index is 5.32. The summed E-state index contributed by atoms with van der Waals surface area (Å²) in [5.74, 6) is 6.91. The molecule has 0 spiro atoms. The highest BCUT2D eigenvalue weighted by Gasteiger charge is 2.14. The van der Waals surface area contributed by atoms with E-state index in [4.69, 9.17) is 5.84 Å². The number of nitrogens with two attached hydrogens (primary N) is 1. The molecule has 2 atom stereocenters. The van der Waals surface area contributed by atoms with E-state index in [0.29, 0.717) is 5.92 Å². The fourth-order valence-electron chi connectivity index (χ4n) is 2.08. The summed E-state index contributed by atoms with van der Waals surface area (Å²) in [4.78, 5) is 0. The first-order chi connectivity index (χ1) is 8.24. The molecule has 0 radical (unpaired) electrons. The number of hydrogen-bond acceptors (Lipinski definition) is 2. The Morgan fingerprint density at radius 2 is 1.65 bits per heavy atom. The number of nitrogens with one attached hydrogen (secondary N) is 1. The Kier molecular flexibility index (Phi) is 15.0. The van der Waals surface area contributed by atoms with Crippen LogP contribution in [-0.4, -0.2) is 0 Å². The van der Waals surface area contributed by atoms with Gasteiger partial charge in [0, 0.05) is 6.20 Å². The summed E-state index contributed by atoms with van der Waals surface area (Å²) in [5.41, 5.74) is 4.16. The Morgan fingerprint density at radius 3 is 2.18 bits per heavy atom. The summed E-state index contributed by atoms with van der Waals surface area (Å²) in [6, 6.07) is 0. The Hall–Kier alpha value is -0.500. The van der Waals surface area contributed by atoms with Crippen LogP contribution in [0.5, 0.6) is 0 Å². The number of allylic oxidation sites excluding steroid dienone is 1. The Labute approximate surface area is 109 Å². The van der Waals surface area contributed by atoms with E-state index in [1.165, 1.54) is 37.7 Å². The van der Waals surface area contributed by atoms with E-state index in [9.17, 15) is 0 Å². The average molecular weight is 242 g/mol. The van der Waals surface area contributed by atoms with Crippen LogP contribution in [0.15, 0.2) is 11.8 Å². The van der Waals surface area contributed by atoms with Crippen LogP contribution in [0.25, 0.3) is 0 Å². The molecule has 0 aromatic heterocycles. The van der Waals surface area contributed by atoms with Crippen LogP contribution in [0.3, 0.4) is 0 Å². The highest BCUT2D eigenvalue weighted by molar-refractivity contribution is 5.05. The van der Waals surface area contributed by atoms with Crippen LogP contribution >= 0.6 is 0 Å². The molecule has 1 fully saturated rings. The molecule has 3 N–H and O–H groups in total. The number of rotatable bonds is 1. The fourth-order valence-corrected chi connectivity index (χ4v) is 2.08. The molecule has 2 nitrogen and oxygen atoms in total. The van der Waals surface area contributed by atoms with Gasteiger partial charge in [0.2, 0.25) is 0 Å². The van der Waals surface area contributed by atoms with Crippen LogP contribution in [0, 0.1) is 11.8 Å². The van der Waals surface area contributed by atoms with Crippen LogP contribution in [0.4, 0.5) is 0 Å². The van der Waals surface area contributed by atoms with Gasteiger partial charge in [-0.05, 0) is 31.1 Å². The minimum atomic E-state index is 0.712. The van der Waals surface area contributed by atoms with Crippen molar-refractivity contribution in [3.63, 3.8) is 0 Å². The van der Waals surface area contributed by atoms with Crippen molar-refractivity contribution in [1.82, 2.24) is 5.43 Å². The van der Waals surface area contributed by atoms with E-state index in [1.807, 2.05) is 33.9 Å². The van der Waals surface area contributed by atoms with E-state index in [-0.39, 0.29) is 0 Å². The molecule has 2 heteroatoms. The Morgan fingerprint density at radius 1 is 1.06 bits per heavy atom. The van der Waals surface area contributed by atoms with Gasteiger partial charge < -0.3 is 5.43 Å². The Balaban J connectivity index is 0. The predicted molar refractivity (Wildman–Crippen MR) is 79.5 cm³/mol. The number of hydrogen-bond donors (Lipinski definition) is 2. The predicted octanol–water partition coefficient (Wildman–Crippen LogP) is 4.62. The molecule has 1 saturated carbocycles. The maximum Gasteiger partial charge on any atom is 0.0117 e. The topological polar surface area (TPSA) is 38.0 Å². The average Bonchev–Trinajstić information content (AvgIpc) is 2.37. The number of hydrazine groups is 1. The first kappa shape index (κ1) is 18.9. The standard InChI is InChI=1S/C11H22N2.2C2H6/c1-9-4-3-5-10(2)11(7-6-9)8-13-12;2*1-2/h8-10,13H,3-7,12H2,1-2H3;2*1-2H3/b11-8-;;. The third-order valence-electron chi connectivity index (χ3n) is 3.16. The van der Waals surface area contributed by atoms with Gasteiger partial charge in [-0.1, -0.05) is 60.0 Å². The fraction of sp³-hybridized carbons (Fsp3) is 0.867. The van der Waals surface area contributed by atoms with Gasteiger partial charge in [0.15, 0.2) is 0 Å². The first-order valence-corrected chi connectivity index (χ1v) is 7.39. The molecule has 0 aliphatic heterocycles. The molecule has 0 heterocycles. The van der Waals surface area contributed by atoms with E-state index in [1.54, 1.807) is 0 Å². The second kappa shape index (κ2) is 13.6. The summed E-state index contributed by atoms with van der Waals surface area (Å²) in [5, 5.41) is 0. The van der Waals surface area contributed by atoms with Gasteiger partial charge >= 0.3 is 0 Å². The van der Waals surface area contributed by atoms with Crippen LogP contribution < -0.4 is 11.3 Å². The largest absolute Gasteiger partial charge is 0.331 e. The van der Waals surface area contributed by atoms with Gasteiger partial charge in [0.05, 0.1) is 0 Å². The quantitative estimate of drug-likeness (QED) is 0.520. The summed E-state index contributed by atoms with van der Waals surface area (Å²) in [6.45, 7) is 12.7. The van der Waals surface area contributed by atoms with E-state index in [2.05, 4.69) is 19.3 Å². The molecule has 0 bridgehead atoms. The molecule has 17 heavy (non-hydrogen) atoms. The third-order valence-corrected chi connectivity index (χ3v) is 3.16. The first-order valence-electron chi connectivity index (χ1n) is 7.39. The molecule has 1 aliphatic carbocycles. The lowest BCUT2D eigenvalue weighted by Gasteiger charge is -2.22. The highest BCUT2D eigenvalue weighted by Crippen LogP contribution is 2.28. The van der Waals surface area contributed by atoms with Gasteiger partial charge in [-0.2, -0.15) is 0 Å². The lowest BCUT2D eigenvalue weighted by atomic mass is 9.84. The highest BCUT2D eigenvalue weighted by atomic mass is 15.2. The van der Waals surface area contributed by atoms with Crippen molar-refractivity contribution in [3.05, 3.63) is 11.8 Å². The van der Waals surface area contributed by atoms with Crippen LogP contribution in [0.2, 0.25) is 0 Å². The second-order valence-electron chi connectivity index (χ2n) is 4.36. The molecule has 0 aromatic carbocycles. The maximum atomic E-state index is 5.32. The van der Waals surface area contributed by atoms with Gasteiger partial charge in [-0.25, -0.2) is 0 Å². The zero-order valence-electron chi connectivity index (χ0n) is 12.8. The monoisotopic (exact) mass is 242 g/mol. The van der Waals surface area contributed by atoms with Crippen molar-refractivity contribution in [1.29, 1.82) is 0 Å². The van der Waals surface area contributed by atoms with Gasteiger partial charge in [0.1, 0.15) is 0 Å². The molecule has 1 aliphatic rings. The summed E-state index contributed by atoms with van der Waals surface area (Å²) in [6.07, 6.45) is 8.60. The van der Waals surface area contributed by atoms with Gasteiger partial charge in [-0.3, -0.25) is 5.84 Å². The van der Waals surface area contributed by atoms with Crippen molar-refractivity contribution in [2.75, 3.05) is 0 Å². The van der Waals surface area contributed by atoms with Crippen molar-refractivity contribution in [3.8, 4) is 0 Å². The molecule has 2 unspecified atom stereocenters. The summed E-state index contributed by atoms with van der Waals surface area (Å²) in [7, 11) is 0. The summed E-state index contributed by atoms with van der Waals surface area (Å²) >= 11 is 0. The second-order valence-corrected chi connectivity index (χ2v) is 4.36. The van der Waals surface area contributed by atoms with Gasteiger partial charge in [0.25, 0.3) is 0 Å². The zero-order valence-corrected chi connectivity index (χ0v) is 12.8. The minimum Gasteiger partial charge on any atom is -0.331 e. The molecular weight excluding hydrogens is 208 g/mol. The molecule has 0 saturated heterocycles. The normalized spacial score (nSPS) is 26.6. The van der Waals surface area contributed by atoms with Crippen molar-refractivity contribution >= 4 is 0 Å². The molecular formula is C15H34N2. The van der Waals surface area contributed by atoms with Crippen molar-refractivity contribution in [2.24, 2.45) is 17.7 Å². The third kappa shape index (κ3) is 9.22. The van der Waals surface area contributed by atoms with Crippen molar-refractivity contribution < 1.29 is 0 Å². The molecule has 104 valence electrons. The SMILES string of the molecule is CC.CC.CC1CCCC(C)/C(=C\NN)CC1. The van der Waals surface area contributed by atoms with Crippen LogP contribution in [0.1, 0.15) is 73.6 Å². The smallest absolute Gasteiger partial charge is 0.0117 e.